The van der Waals surface area contributed by atoms with E-state index < -0.39 is 0 Å². The molecule has 0 bridgehead atoms. The van der Waals surface area contributed by atoms with Crippen LogP contribution in [0.2, 0.25) is 0 Å². The number of rotatable bonds is 2. The van der Waals surface area contributed by atoms with E-state index in [1.165, 1.54) is 21.9 Å². The topological polar surface area (TPSA) is 12.5 Å². The molecular formula is C22H21NO. The maximum atomic E-state index is 6.12. The summed E-state index contributed by atoms with van der Waals surface area (Å²) in [5, 5.41) is 2.69. The lowest BCUT2D eigenvalue weighted by atomic mass is 9.84. The van der Waals surface area contributed by atoms with Gasteiger partial charge in [0.15, 0.2) is 0 Å². The molecule has 2 atom stereocenters. The second kappa shape index (κ2) is 5.64. The second-order valence-corrected chi connectivity index (χ2v) is 7.06. The number of nitrogens with zero attached hydrogens (tertiary/aromatic N) is 1. The first-order valence-corrected chi connectivity index (χ1v) is 8.79. The zero-order valence-electron chi connectivity index (χ0n) is 13.7. The van der Waals surface area contributed by atoms with Crippen LogP contribution < -0.4 is 4.74 Å². The first kappa shape index (κ1) is 14.1. The Hall–Kier alpha value is -2.32. The van der Waals surface area contributed by atoms with Gasteiger partial charge < -0.3 is 4.74 Å². The van der Waals surface area contributed by atoms with E-state index in [9.17, 15) is 0 Å². The van der Waals surface area contributed by atoms with E-state index in [4.69, 9.17) is 4.74 Å². The normalized spacial score (nSPS) is 22.8. The van der Waals surface area contributed by atoms with Gasteiger partial charge in [-0.1, -0.05) is 60.7 Å². The molecule has 0 radical (unpaired) electrons. The predicted octanol–water partition coefficient (Wildman–Crippen LogP) is 4.45. The molecule has 0 aromatic heterocycles. The van der Waals surface area contributed by atoms with Crippen molar-refractivity contribution in [3.63, 3.8) is 0 Å². The fraction of sp³-hybridized carbons (Fsp3) is 0.273. The molecule has 3 aromatic carbocycles. The Kier molecular flexibility index (Phi) is 3.30. The van der Waals surface area contributed by atoms with Crippen LogP contribution in [-0.2, 0) is 6.54 Å². The number of fused-ring (bicyclic) bond motifs is 5. The lowest BCUT2D eigenvalue weighted by Gasteiger charge is -2.29. The summed E-state index contributed by atoms with van der Waals surface area (Å²) in [6, 6.07) is 23.9. The number of likely N-dealkylation sites (tertiary alicyclic amines) is 1. The molecule has 0 N–H and O–H groups in total. The molecule has 0 unspecified atom stereocenters. The smallest absolute Gasteiger partial charge is 0.123 e. The van der Waals surface area contributed by atoms with Crippen molar-refractivity contribution in [2.45, 2.75) is 12.5 Å². The van der Waals surface area contributed by atoms with Crippen molar-refractivity contribution in [2.24, 2.45) is 5.92 Å². The number of hydrogen-bond donors (Lipinski definition) is 0. The maximum Gasteiger partial charge on any atom is 0.123 e. The Labute approximate surface area is 142 Å². The zero-order chi connectivity index (χ0) is 15.9. The lowest BCUT2D eigenvalue weighted by molar-refractivity contribution is 0.213. The Morgan fingerprint density at radius 2 is 1.71 bits per heavy atom. The quantitative estimate of drug-likeness (QED) is 0.693. The van der Waals surface area contributed by atoms with Crippen LogP contribution in [0.3, 0.4) is 0 Å². The van der Waals surface area contributed by atoms with Crippen molar-refractivity contribution in [2.75, 3.05) is 19.7 Å². The van der Waals surface area contributed by atoms with E-state index in [2.05, 4.69) is 71.6 Å². The third-order valence-corrected chi connectivity index (χ3v) is 5.52. The molecule has 5 rings (SSSR count). The Balaban J connectivity index is 1.49. The second-order valence-electron chi connectivity index (χ2n) is 7.06. The molecule has 2 nitrogen and oxygen atoms in total. The molecule has 0 saturated carbocycles. The molecule has 1 fully saturated rings. The summed E-state index contributed by atoms with van der Waals surface area (Å²) in [5.41, 5.74) is 2.83. The van der Waals surface area contributed by atoms with Gasteiger partial charge in [-0.3, -0.25) is 4.90 Å². The number of ether oxygens (including phenoxy) is 1. The molecule has 2 aliphatic rings. The highest BCUT2D eigenvalue weighted by atomic mass is 16.5. The van der Waals surface area contributed by atoms with Crippen molar-refractivity contribution in [1.29, 1.82) is 0 Å². The molecule has 0 spiro atoms. The molecule has 120 valence electrons. The van der Waals surface area contributed by atoms with E-state index in [1.54, 1.807) is 0 Å². The average Bonchev–Trinajstić information content (AvgIpc) is 3.04. The van der Waals surface area contributed by atoms with E-state index >= 15 is 0 Å². The molecule has 0 aliphatic carbocycles. The van der Waals surface area contributed by atoms with Crippen molar-refractivity contribution in [3.8, 4) is 5.75 Å². The van der Waals surface area contributed by atoms with Gasteiger partial charge in [-0.15, -0.1) is 0 Å². The summed E-state index contributed by atoms with van der Waals surface area (Å²) in [4.78, 5) is 2.59. The molecular weight excluding hydrogens is 294 g/mol. The van der Waals surface area contributed by atoms with Crippen molar-refractivity contribution in [3.05, 3.63) is 77.9 Å². The van der Waals surface area contributed by atoms with Crippen LogP contribution in [0.15, 0.2) is 66.7 Å². The largest absolute Gasteiger partial charge is 0.493 e. The van der Waals surface area contributed by atoms with Gasteiger partial charge >= 0.3 is 0 Å². The van der Waals surface area contributed by atoms with Crippen LogP contribution in [0.5, 0.6) is 5.75 Å². The SMILES string of the molecule is c1ccc(CN2C[C@H]3COc4ccc5ccccc5c4[C@@H]3C2)cc1. The highest BCUT2D eigenvalue weighted by molar-refractivity contribution is 5.88. The monoisotopic (exact) mass is 315 g/mol. The highest BCUT2D eigenvalue weighted by Crippen LogP contribution is 2.45. The summed E-state index contributed by atoms with van der Waals surface area (Å²) in [6.07, 6.45) is 0. The number of hydrogen-bond acceptors (Lipinski definition) is 2. The van der Waals surface area contributed by atoms with Crippen LogP contribution in [0.4, 0.5) is 0 Å². The fourth-order valence-electron chi connectivity index (χ4n) is 4.41. The third kappa shape index (κ3) is 2.30. The lowest BCUT2D eigenvalue weighted by Crippen LogP contribution is -2.25. The number of benzene rings is 3. The van der Waals surface area contributed by atoms with Crippen molar-refractivity contribution >= 4 is 10.8 Å². The molecule has 0 amide bonds. The average molecular weight is 315 g/mol. The molecule has 24 heavy (non-hydrogen) atoms. The standard InChI is InChI=1S/C22H21NO/c1-2-6-16(7-3-1)12-23-13-18-15-24-21-11-10-17-8-4-5-9-19(17)22(21)20(18)14-23/h1-11,18,20H,12-15H2/t18-,20+/m0/s1. The van der Waals surface area contributed by atoms with E-state index in [0.29, 0.717) is 11.8 Å². The van der Waals surface area contributed by atoms with Gasteiger partial charge in [0.05, 0.1) is 6.61 Å². The van der Waals surface area contributed by atoms with E-state index in [0.717, 1.165) is 32.0 Å². The van der Waals surface area contributed by atoms with Crippen LogP contribution in [0.1, 0.15) is 17.0 Å². The minimum atomic E-state index is 0.587. The fourth-order valence-corrected chi connectivity index (χ4v) is 4.41. The Morgan fingerprint density at radius 1 is 0.875 bits per heavy atom. The summed E-state index contributed by atoms with van der Waals surface area (Å²) < 4.78 is 6.12. The molecule has 1 saturated heterocycles. The Bertz CT molecular complexity index is 874. The minimum absolute atomic E-state index is 0.587. The maximum absolute atomic E-state index is 6.12. The summed E-state index contributed by atoms with van der Waals surface area (Å²) in [6.45, 7) is 4.14. The summed E-state index contributed by atoms with van der Waals surface area (Å²) in [5.74, 6) is 2.28. The van der Waals surface area contributed by atoms with Gasteiger partial charge in [-0.05, 0) is 22.4 Å². The highest BCUT2D eigenvalue weighted by Gasteiger charge is 2.39. The first-order chi connectivity index (χ1) is 11.9. The first-order valence-electron chi connectivity index (χ1n) is 8.79. The third-order valence-electron chi connectivity index (χ3n) is 5.52. The van der Waals surface area contributed by atoms with Gasteiger partial charge in [-0.2, -0.15) is 0 Å². The minimum Gasteiger partial charge on any atom is -0.493 e. The van der Waals surface area contributed by atoms with Crippen LogP contribution in [-0.4, -0.2) is 24.6 Å². The van der Waals surface area contributed by atoms with Gasteiger partial charge in [0.25, 0.3) is 0 Å². The predicted molar refractivity (Wildman–Crippen MR) is 97.4 cm³/mol. The van der Waals surface area contributed by atoms with Gasteiger partial charge in [0, 0.05) is 37.0 Å². The molecule has 3 aromatic rings. The molecule has 2 heteroatoms. The Morgan fingerprint density at radius 3 is 2.62 bits per heavy atom. The molecule has 2 heterocycles. The van der Waals surface area contributed by atoms with E-state index in [1.807, 2.05) is 0 Å². The van der Waals surface area contributed by atoms with Crippen molar-refractivity contribution < 1.29 is 4.74 Å². The van der Waals surface area contributed by atoms with E-state index in [-0.39, 0.29) is 0 Å². The van der Waals surface area contributed by atoms with Crippen LogP contribution >= 0.6 is 0 Å². The molecule has 2 aliphatic heterocycles. The van der Waals surface area contributed by atoms with Crippen molar-refractivity contribution in [1.82, 2.24) is 4.90 Å². The van der Waals surface area contributed by atoms with Gasteiger partial charge in [0.2, 0.25) is 0 Å². The van der Waals surface area contributed by atoms with Gasteiger partial charge in [0.1, 0.15) is 5.75 Å². The summed E-state index contributed by atoms with van der Waals surface area (Å²) in [7, 11) is 0. The van der Waals surface area contributed by atoms with Crippen LogP contribution in [0, 0.1) is 5.92 Å². The van der Waals surface area contributed by atoms with Gasteiger partial charge in [-0.25, -0.2) is 0 Å². The zero-order valence-corrected chi connectivity index (χ0v) is 13.7. The van der Waals surface area contributed by atoms with Crippen LogP contribution in [0.25, 0.3) is 10.8 Å². The summed E-state index contributed by atoms with van der Waals surface area (Å²) >= 11 is 0.